The standard InChI is InChI=1S/C20H12ClIN2/c21-14-10-11-15(17(22)12-14)20-23-18-9-5-4-8-16(18)19(24-20)13-6-2-1-3-7-13/h1-12H. The first-order valence-corrected chi connectivity index (χ1v) is 8.96. The number of nitrogens with zero attached hydrogens (tertiary/aromatic N) is 2. The summed E-state index contributed by atoms with van der Waals surface area (Å²) >= 11 is 8.36. The number of rotatable bonds is 2. The van der Waals surface area contributed by atoms with Gasteiger partial charge < -0.3 is 0 Å². The number of hydrogen-bond donors (Lipinski definition) is 0. The first kappa shape index (κ1) is 15.5. The fourth-order valence-electron chi connectivity index (χ4n) is 2.68. The summed E-state index contributed by atoms with van der Waals surface area (Å²) < 4.78 is 1.04. The summed E-state index contributed by atoms with van der Waals surface area (Å²) in [5, 5.41) is 1.77. The molecule has 4 aromatic rings. The molecule has 1 aromatic heterocycles. The molecule has 4 heteroatoms. The summed E-state index contributed by atoms with van der Waals surface area (Å²) in [6.07, 6.45) is 0. The van der Waals surface area contributed by atoms with Crippen molar-refractivity contribution in [3.05, 3.63) is 81.4 Å². The maximum Gasteiger partial charge on any atom is 0.161 e. The zero-order chi connectivity index (χ0) is 16.5. The Morgan fingerprint density at radius 3 is 2.33 bits per heavy atom. The summed E-state index contributed by atoms with van der Waals surface area (Å²) in [6.45, 7) is 0. The van der Waals surface area contributed by atoms with Crippen LogP contribution in [0.25, 0.3) is 33.5 Å². The quantitative estimate of drug-likeness (QED) is 0.344. The largest absolute Gasteiger partial charge is 0.228 e. The lowest BCUT2D eigenvalue weighted by Gasteiger charge is -2.10. The molecule has 0 atom stereocenters. The molecule has 0 fully saturated rings. The van der Waals surface area contributed by atoms with Crippen LogP contribution < -0.4 is 0 Å². The molecule has 0 saturated heterocycles. The second-order valence-corrected chi connectivity index (χ2v) is 7.00. The van der Waals surface area contributed by atoms with Crippen molar-refractivity contribution >= 4 is 45.1 Å². The van der Waals surface area contributed by atoms with Crippen LogP contribution in [0.1, 0.15) is 0 Å². The molecule has 0 amide bonds. The van der Waals surface area contributed by atoms with E-state index >= 15 is 0 Å². The molecule has 0 bridgehead atoms. The van der Waals surface area contributed by atoms with Crippen LogP contribution in [0.2, 0.25) is 5.02 Å². The van der Waals surface area contributed by atoms with Gasteiger partial charge in [-0.25, -0.2) is 9.97 Å². The monoisotopic (exact) mass is 442 g/mol. The summed E-state index contributed by atoms with van der Waals surface area (Å²) in [4.78, 5) is 9.64. The first-order valence-electron chi connectivity index (χ1n) is 7.50. The minimum atomic E-state index is 0.715. The number of hydrogen-bond acceptors (Lipinski definition) is 2. The van der Waals surface area contributed by atoms with Crippen molar-refractivity contribution in [2.45, 2.75) is 0 Å². The van der Waals surface area contributed by atoms with Crippen molar-refractivity contribution in [2.75, 3.05) is 0 Å². The van der Waals surface area contributed by atoms with Crippen molar-refractivity contribution in [3.63, 3.8) is 0 Å². The van der Waals surface area contributed by atoms with Gasteiger partial charge in [0, 0.05) is 25.1 Å². The molecule has 0 N–H and O–H groups in total. The first-order chi connectivity index (χ1) is 11.7. The van der Waals surface area contributed by atoms with E-state index in [0.29, 0.717) is 10.8 Å². The lowest BCUT2D eigenvalue weighted by Crippen LogP contribution is -1.96. The van der Waals surface area contributed by atoms with Gasteiger partial charge in [0.15, 0.2) is 5.82 Å². The molecule has 0 saturated carbocycles. The highest BCUT2D eigenvalue weighted by Gasteiger charge is 2.13. The molecule has 116 valence electrons. The van der Waals surface area contributed by atoms with Crippen molar-refractivity contribution in [3.8, 4) is 22.6 Å². The van der Waals surface area contributed by atoms with Crippen LogP contribution in [-0.4, -0.2) is 9.97 Å². The number of halogens is 2. The maximum absolute atomic E-state index is 6.08. The SMILES string of the molecule is Clc1ccc(-c2nc(-c3ccccc3)c3ccccc3n2)c(I)c1. The summed E-state index contributed by atoms with van der Waals surface area (Å²) in [7, 11) is 0. The Hall–Kier alpha value is -1.98. The molecule has 3 aromatic carbocycles. The van der Waals surface area contributed by atoms with Gasteiger partial charge in [-0.1, -0.05) is 60.1 Å². The normalized spacial score (nSPS) is 10.9. The van der Waals surface area contributed by atoms with E-state index in [1.807, 2.05) is 54.6 Å². The fourth-order valence-corrected chi connectivity index (χ4v) is 3.80. The third-order valence-corrected chi connectivity index (χ3v) is 4.95. The van der Waals surface area contributed by atoms with Crippen molar-refractivity contribution in [2.24, 2.45) is 0 Å². The topological polar surface area (TPSA) is 25.8 Å². The van der Waals surface area contributed by atoms with Crippen molar-refractivity contribution in [1.82, 2.24) is 9.97 Å². The third-order valence-electron chi connectivity index (χ3n) is 3.82. The molecule has 4 rings (SSSR count). The van der Waals surface area contributed by atoms with Crippen LogP contribution >= 0.6 is 34.2 Å². The van der Waals surface area contributed by atoms with Crippen molar-refractivity contribution < 1.29 is 0 Å². The number of benzene rings is 3. The average molecular weight is 443 g/mol. The zero-order valence-corrected chi connectivity index (χ0v) is 15.5. The summed E-state index contributed by atoms with van der Waals surface area (Å²) in [5.74, 6) is 0.716. The maximum atomic E-state index is 6.08. The van der Waals surface area contributed by atoms with Gasteiger partial charge in [0.2, 0.25) is 0 Å². The third kappa shape index (κ3) is 2.89. The number of para-hydroxylation sites is 1. The summed E-state index contributed by atoms with van der Waals surface area (Å²) in [6, 6.07) is 24.1. The molecule has 24 heavy (non-hydrogen) atoms. The van der Waals surface area contributed by atoms with Crippen LogP contribution in [0, 0.1) is 3.57 Å². The van der Waals surface area contributed by atoms with Crippen LogP contribution in [-0.2, 0) is 0 Å². The van der Waals surface area contributed by atoms with Gasteiger partial charge in [0.05, 0.1) is 11.2 Å². The molecular weight excluding hydrogens is 431 g/mol. The molecule has 0 aliphatic heterocycles. The van der Waals surface area contributed by atoms with E-state index in [4.69, 9.17) is 21.6 Å². The van der Waals surface area contributed by atoms with E-state index in [1.54, 1.807) is 0 Å². The molecule has 0 aliphatic carbocycles. The van der Waals surface area contributed by atoms with Gasteiger partial charge >= 0.3 is 0 Å². The predicted molar refractivity (Wildman–Crippen MR) is 108 cm³/mol. The van der Waals surface area contributed by atoms with Gasteiger partial charge in [0.1, 0.15) is 0 Å². The molecular formula is C20H12ClIN2. The van der Waals surface area contributed by atoms with Gasteiger partial charge in [0.25, 0.3) is 0 Å². The van der Waals surface area contributed by atoms with E-state index < -0.39 is 0 Å². The van der Waals surface area contributed by atoms with Crippen LogP contribution in [0.3, 0.4) is 0 Å². The summed E-state index contributed by atoms with van der Waals surface area (Å²) in [5.41, 5.74) is 3.96. The highest BCUT2D eigenvalue weighted by atomic mass is 127. The molecule has 0 unspecified atom stereocenters. The lowest BCUT2D eigenvalue weighted by atomic mass is 10.1. The lowest BCUT2D eigenvalue weighted by molar-refractivity contribution is 1.22. The Bertz CT molecular complexity index is 1030. The Labute approximate surface area is 158 Å². The van der Waals surface area contributed by atoms with Gasteiger partial charge in [-0.3, -0.25) is 0 Å². The average Bonchev–Trinajstić information content (AvgIpc) is 2.61. The number of fused-ring (bicyclic) bond motifs is 1. The minimum Gasteiger partial charge on any atom is -0.228 e. The van der Waals surface area contributed by atoms with E-state index in [9.17, 15) is 0 Å². The molecule has 2 nitrogen and oxygen atoms in total. The second-order valence-electron chi connectivity index (χ2n) is 5.40. The van der Waals surface area contributed by atoms with Gasteiger partial charge in [-0.2, -0.15) is 0 Å². The zero-order valence-electron chi connectivity index (χ0n) is 12.6. The highest BCUT2D eigenvalue weighted by Crippen LogP contribution is 2.31. The van der Waals surface area contributed by atoms with E-state index in [1.165, 1.54) is 0 Å². The molecule has 0 radical (unpaired) electrons. The van der Waals surface area contributed by atoms with E-state index in [2.05, 4.69) is 40.8 Å². The highest BCUT2D eigenvalue weighted by molar-refractivity contribution is 14.1. The van der Waals surface area contributed by atoms with Crippen LogP contribution in [0.15, 0.2) is 72.8 Å². The van der Waals surface area contributed by atoms with Gasteiger partial charge in [-0.15, -0.1) is 0 Å². The smallest absolute Gasteiger partial charge is 0.161 e. The second kappa shape index (κ2) is 6.49. The van der Waals surface area contributed by atoms with Crippen molar-refractivity contribution in [1.29, 1.82) is 0 Å². The van der Waals surface area contributed by atoms with Gasteiger partial charge in [-0.05, 0) is 46.9 Å². The van der Waals surface area contributed by atoms with Crippen LogP contribution in [0.5, 0.6) is 0 Å². The Morgan fingerprint density at radius 2 is 1.54 bits per heavy atom. The van der Waals surface area contributed by atoms with E-state index in [0.717, 1.165) is 31.3 Å². The fraction of sp³-hybridized carbons (Fsp3) is 0. The Kier molecular flexibility index (Phi) is 4.21. The Morgan fingerprint density at radius 1 is 0.792 bits per heavy atom. The Balaban J connectivity index is 2.01. The molecule has 1 heterocycles. The van der Waals surface area contributed by atoms with E-state index in [-0.39, 0.29) is 0 Å². The molecule has 0 aliphatic rings. The minimum absolute atomic E-state index is 0.715. The number of aromatic nitrogens is 2. The van der Waals surface area contributed by atoms with Crippen LogP contribution in [0.4, 0.5) is 0 Å². The molecule has 0 spiro atoms. The predicted octanol–water partition coefficient (Wildman–Crippen LogP) is 6.22.